The third-order valence-electron chi connectivity index (χ3n) is 11.9. The largest absolute Gasteiger partial charge is 0.312 e. The maximum atomic E-state index is 2.56. The monoisotopic (exact) mass is 706 g/mol. The molecule has 3 heteroatoms. The SMILES string of the molecule is CC(C)(C)c1ccc(N2c3ccc(C(C)(C)C)cc3B3c4cc(N(c5ccccc5)c5ccccc5)ccc4C(C)(C)c4c(C(C)(C)C)ccc2c43)cc1. The van der Waals surface area contributed by atoms with E-state index in [1.54, 1.807) is 0 Å². The number of anilines is 6. The molecule has 2 nitrogen and oxygen atoms in total. The van der Waals surface area contributed by atoms with Crippen LogP contribution in [-0.4, -0.2) is 6.71 Å². The van der Waals surface area contributed by atoms with Gasteiger partial charge in [0.2, 0.25) is 6.71 Å². The van der Waals surface area contributed by atoms with Crippen molar-refractivity contribution >= 4 is 57.2 Å². The van der Waals surface area contributed by atoms with Crippen LogP contribution >= 0.6 is 0 Å². The Bertz CT molecular complexity index is 2310. The number of benzene rings is 6. The number of fused-ring (bicyclic) bond motifs is 4. The summed E-state index contributed by atoms with van der Waals surface area (Å²) in [6, 6.07) is 50.4. The fourth-order valence-electron chi connectivity index (χ4n) is 9.08. The molecule has 2 aliphatic heterocycles. The van der Waals surface area contributed by atoms with Gasteiger partial charge in [0.1, 0.15) is 0 Å². The zero-order chi connectivity index (χ0) is 38.4. The Labute approximate surface area is 325 Å². The normalized spacial score (nSPS) is 14.6. The van der Waals surface area contributed by atoms with E-state index in [1.807, 2.05) is 0 Å². The first-order valence-corrected chi connectivity index (χ1v) is 19.7. The fraction of sp³-hybridized carbons (Fsp3) is 0.294. The van der Waals surface area contributed by atoms with Crippen LogP contribution in [0.3, 0.4) is 0 Å². The van der Waals surface area contributed by atoms with E-state index in [-0.39, 0.29) is 28.4 Å². The van der Waals surface area contributed by atoms with Crippen LogP contribution < -0.4 is 26.2 Å². The molecule has 0 atom stereocenters. The third kappa shape index (κ3) is 5.88. The molecule has 0 saturated heterocycles. The number of hydrogen-bond acceptors (Lipinski definition) is 2. The predicted molar refractivity (Wildman–Crippen MR) is 235 cm³/mol. The van der Waals surface area contributed by atoms with Crippen molar-refractivity contribution < 1.29 is 0 Å². The molecule has 0 bridgehead atoms. The van der Waals surface area contributed by atoms with Crippen LogP contribution in [0.2, 0.25) is 0 Å². The van der Waals surface area contributed by atoms with Crippen LogP contribution in [0.25, 0.3) is 0 Å². The fourth-order valence-corrected chi connectivity index (χ4v) is 9.08. The molecule has 0 saturated carbocycles. The van der Waals surface area contributed by atoms with Gasteiger partial charge in [0.25, 0.3) is 0 Å². The van der Waals surface area contributed by atoms with Crippen molar-refractivity contribution in [2.75, 3.05) is 9.80 Å². The van der Waals surface area contributed by atoms with Gasteiger partial charge in [-0.2, -0.15) is 0 Å². The molecule has 6 aromatic rings. The molecule has 272 valence electrons. The zero-order valence-corrected chi connectivity index (χ0v) is 34.2. The first kappa shape index (κ1) is 36.0. The highest BCUT2D eigenvalue weighted by Crippen LogP contribution is 2.47. The van der Waals surface area contributed by atoms with Crippen molar-refractivity contribution in [2.45, 2.75) is 97.8 Å². The molecule has 2 aliphatic rings. The Balaban J connectivity index is 1.45. The summed E-state index contributed by atoms with van der Waals surface area (Å²) in [6.07, 6.45) is 0. The average molecular weight is 707 g/mol. The van der Waals surface area contributed by atoms with E-state index < -0.39 is 0 Å². The maximum Gasteiger partial charge on any atom is 0.247 e. The van der Waals surface area contributed by atoms with Crippen LogP contribution in [-0.2, 0) is 21.7 Å². The van der Waals surface area contributed by atoms with Crippen molar-refractivity contribution in [3.8, 4) is 0 Å². The van der Waals surface area contributed by atoms with Gasteiger partial charge in [0.05, 0.1) is 0 Å². The van der Waals surface area contributed by atoms with E-state index in [2.05, 4.69) is 219 Å². The summed E-state index contributed by atoms with van der Waals surface area (Å²) in [7, 11) is 0. The van der Waals surface area contributed by atoms with E-state index >= 15 is 0 Å². The molecule has 6 aromatic carbocycles. The van der Waals surface area contributed by atoms with Gasteiger partial charge in [-0.25, -0.2) is 0 Å². The van der Waals surface area contributed by atoms with Crippen LogP contribution in [0.15, 0.2) is 133 Å². The van der Waals surface area contributed by atoms with E-state index in [4.69, 9.17) is 0 Å². The second-order valence-corrected chi connectivity index (χ2v) is 19.2. The van der Waals surface area contributed by atoms with Gasteiger partial charge in [-0.05, 0) is 116 Å². The Morgan fingerprint density at radius 1 is 0.500 bits per heavy atom. The van der Waals surface area contributed by atoms with Gasteiger partial charge in [-0.1, -0.05) is 154 Å². The summed E-state index contributed by atoms with van der Waals surface area (Å²) in [4.78, 5) is 4.97. The highest BCUT2D eigenvalue weighted by atomic mass is 15.2. The minimum absolute atomic E-state index is 0.000611. The molecule has 2 heterocycles. The first-order chi connectivity index (χ1) is 25.5. The van der Waals surface area contributed by atoms with Crippen molar-refractivity contribution in [3.05, 3.63) is 161 Å². The molecule has 0 unspecified atom stereocenters. The summed E-state index contributed by atoms with van der Waals surface area (Å²) < 4.78 is 0. The first-order valence-electron chi connectivity index (χ1n) is 19.7. The molecule has 0 N–H and O–H groups in total. The van der Waals surface area contributed by atoms with Gasteiger partial charge < -0.3 is 9.80 Å². The number of para-hydroxylation sites is 2. The van der Waals surface area contributed by atoms with Crippen molar-refractivity contribution in [1.82, 2.24) is 0 Å². The lowest BCUT2D eigenvalue weighted by Gasteiger charge is -2.48. The molecule has 0 aliphatic carbocycles. The Morgan fingerprint density at radius 2 is 1.06 bits per heavy atom. The minimum Gasteiger partial charge on any atom is -0.312 e. The molecule has 0 aromatic heterocycles. The topological polar surface area (TPSA) is 6.48 Å². The quantitative estimate of drug-likeness (QED) is 0.168. The molecule has 8 rings (SSSR count). The third-order valence-corrected chi connectivity index (χ3v) is 11.9. The van der Waals surface area contributed by atoms with Gasteiger partial charge in [0.15, 0.2) is 0 Å². The van der Waals surface area contributed by atoms with E-state index in [0.29, 0.717) is 0 Å². The minimum atomic E-state index is -0.233. The molecular weight excluding hydrogens is 651 g/mol. The van der Waals surface area contributed by atoms with Gasteiger partial charge in [-0.15, -0.1) is 0 Å². The van der Waals surface area contributed by atoms with E-state index in [9.17, 15) is 0 Å². The molecular formula is C51H55BN2. The Kier molecular flexibility index (Phi) is 8.34. The lowest BCUT2D eigenvalue weighted by molar-refractivity contribution is 0.552. The van der Waals surface area contributed by atoms with Crippen LogP contribution in [0, 0.1) is 0 Å². The lowest BCUT2D eigenvalue weighted by Crippen LogP contribution is -2.64. The van der Waals surface area contributed by atoms with Gasteiger partial charge in [0, 0.05) is 39.5 Å². The van der Waals surface area contributed by atoms with Crippen molar-refractivity contribution in [3.63, 3.8) is 0 Å². The average Bonchev–Trinajstić information content (AvgIpc) is 3.12. The van der Waals surface area contributed by atoms with Crippen molar-refractivity contribution in [2.24, 2.45) is 0 Å². The van der Waals surface area contributed by atoms with E-state index in [1.165, 1.54) is 67.0 Å². The molecule has 54 heavy (non-hydrogen) atoms. The van der Waals surface area contributed by atoms with Gasteiger partial charge >= 0.3 is 0 Å². The molecule has 0 amide bonds. The number of hydrogen-bond donors (Lipinski definition) is 0. The van der Waals surface area contributed by atoms with Gasteiger partial charge in [-0.3, -0.25) is 0 Å². The summed E-state index contributed by atoms with van der Waals surface area (Å²) in [6.45, 7) is 26.0. The summed E-state index contributed by atoms with van der Waals surface area (Å²) in [5.41, 5.74) is 18.3. The summed E-state index contributed by atoms with van der Waals surface area (Å²) in [5, 5.41) is 0. The van der Waals surface area contributed by atoms with Crippen LogP contribution in [0.1, 0.15) is 104 Å². The smallest absolute Gasteiger partial charge is 0.247 e. The second-order valence-electron chi connectivity index (χ2n) is 19.2. The highest BCUT2D eigenvalue weighted by Gasteiger charge is 2.48. The molecule has 0 spiro atoms. The van der Waals surface area contributed by atoms with Crippen LogP contribution in [0.4, 0.5) is 34.1 Å². The Morgan fingerprint density at radius 3 is 1.61 bits per heavy atom. The number of rotatable bonds is 4. The highest BCUT2D eigenvalue weighted by molar-refractivity contribution is 6.99. The number of nitrogens with zero attached hydrogens (tertiary/aromatic N) is 2. The standard InChI is InChI=1S/C51H55BN2/c1-48(2,3)34-22-25-38(26-23-34)54-44-30-24-35(49(4,5)6)32-43(44)52-42-33-39(53(36-18-14-12-15-19-36)37-20-16-13-17-21-37)27-28-40(42)51(10,11)46-41(50(7,8)9)29-31-45(54)47(46)52/h12-33H,1-11H3. The summed E-state index contributed by atoms with van der Waals surface area (Å²) >= 11 is 0. The second kappa shape index (κ2) is 12.5. The maximum absolute atomic E-state index is 2.56. The van der Waals surface area contributed by atoms with Crippen molar-refractivity contribution in [1.29, 1.82) is 0 Å². The Hall–Kier alpha value is -5.02. The molecule has 0 radical (unpaired) electrons. The molecule has 0 fully saturated rings. The zero-order valence-electron chi connectivity index (χ0n) is 34.2. The lowest BCUT2D eigenvalue weighted by atomic mass is 9.29. The predicted octanol–water partition coefficient (Wildman–Crippen LogP) is 12.0. The van der Waals surface area contributed by atoms with Crippen LogP contribution in [0.5, 0.6) is 0 Å². The van der Waals surface area contributed by atoms with E-state index in [0.717, 1.165) is 11.4 Å². The summed E-state index contributed by atoms with van der Waals surface area (Å²) in [5.74, 6) is 0.